The molecular formula is C14H25N3O2. The van der Waals surface area contributed by atoms with Crippen molar-refractivity contribution in [2.24, 2.45) is 17.6 Å². The summed E-state index contributed by atoms with van der Waals surface area (Å²) in [7, 11) is 0. The SMILES string of the molecule is CC(N)CNC(=O)NC12CC3CC(CC(O)(C3)C1)C2. The lowest BCUT2D eigenvalue weighted by Gasteiger charge is -2.60. The molecule has 0 heterocycles. The van der Waals surface area contributed by atoms with Crippen molar-refractivity contribution in [2.45, 2.75) is 62.6 Å². The maximum absolute atomic E-state index is 12.0. The van der Waals surface area contributed by atoms with Crippen molar-refractivity contribution in [3.8, 4) is 0 Å². The van der Waals surface area contributed by atoms with Gasteiger partial charge in [0.15, 0.2) is 0 Å². The Hall–Kier alpha value is -0.810. The number of nitrogens with one attached hydrogen (secondary N) is 2. The third-order valence-corrected chi connectivity index (χ3v) is 4.99. The van der Waals surface area contributed by atoms with Crippen LogP contribution >= 0.6 is 0 Å². The third-order valence-electron chi connectivity index (χ3n) is 4.99. The lowest BCUT2D eigenvalue weighted by Crippen LogP contribution is -2.66. The highest BCUT2D eigenvalue weighted by atomic mass is 16.3. The standard InChI is InChI=1S/C14H25N3O2/c1-9(15)7-16-12(18)17-13-3-10-2-11(4-13)6-14(19,5-10)8-13/h9-11,19H,2-8,15H2,1H3,(H2,16,17,18). The number of rotatable bonds is 3. The minimum absolute atomic E-state index is 0.0358. The monoisotopic (exact) mass is 267 g/mol. The van der Waals surface area contributed by atoms with Gasteiger partial charge < -0.3 is 21.5 Å². The molecular weight excluding hydrogens is 242 g/mol. The Morgan fingerprint density at radius 1 is 1.37 bits per heavy atom. The van der Waals surface area contributed by atoms with Crippen LogP contribution in [0.25, 0.3) is 0 Å². The molecule has 5 N–H and O–H groups in total. The first kappa shape index (κ1) is 13.2. The molecule has 19 heavy (non-hydrogen) atoms. The van der Waals surface area contributed by atoms with Crippen LogP contribution < -0.4 is 16.4 Å². The zero-order chi connectivity index (χ0) is 13.7. The first-order valence-electron chi connectivity index (χ1n) is 7.42. The molecule has 4 bridgehead atoms. The molecule has 0 radical (unpaired) electrons. The zero-order valence-corrected chi connectivity index (χ0v) is 11.6. The van der Waals surface area contributed by atoms with Gasteiger partial charge in [-0.05, 0) is 57.3 Å². The molecule has 108 valence electrons. The lowest BCUT2D eigenvalue weighted by molar-refractivity contribution is -0.139. The van der Waals surface area contributed by atoms with Crippen molar-refractivity contribution in [2.75, 3.05) is 6.54 Å². The number of aliphatic hydroxyl groups is 1. The minimum Gasteiger partial charge on any atom is -0.390 e. The summed E-state index contributed by atoms with van der Waals surface area (Å²) >= 11 is 0. The second-order valence-electron chi connectivity index (χ2n) is 7.28. The van der Waals surface area contributed by atoms with Gasteiger partial charge in [-0.15, -0.1) is 0 Å². The van der Waals surface area contributed by atoms with Crippen LogP contribution in [0, 0.1) is 11.8 Å². The number of carbonyl (C=O) groups is 1. The Morgan fingerprint density at radius 2 is 2.00 bits per heavy atom. The fraction of sp³-hybridized carbons (Fsp3) is 0.929. The van der Waals surface area contributed by atoms with Crippen molar-refractivity contribution in [1.29, 1.82) is 0 Å². The molecule has 4 fully saturated rings. The summed E-state index contributed by atoms with van der Waals surface area (Å²) in [5.41, 5.74) is 4.93. The normalized spacial score (nSPS) is 45.0. The molecule has 4 aliphatic carbocycles. The summed E-state index contributed by atoms with van der Waals surface area (Å²) in [6.07, 6.45) is 5.85. The molecule has 0 aromatic heterocycles. The van der Waals surface area contributed by atoms with Gasteiger partial charge in [-0.1, -0.05) is 0 Å². The summed E-state index contributed by atoms with van der Waals surface area (Å²) in [5, 5.41) is 16.6. The van der Waals surface area contributed by atoms with Gasteiger partial charge in [0.2, 0.25) is 0 Å². The molecule has 0 spiro atoms. The largest absolute Gasteiger partial charge is 0.390 e. The van der Waals surface area contributed by atoms with E-state index in [1.54, 1.807) is 0 Å². The van der Waals surface area contributed by atoms with Crippen LogP contribution in [-0.4, -0.2) is 34.9 Å². The van der Waals surface area contributed by atoms with Crippen LogP contribution in [0.5, 0.6) is 0 Å². The third kappa shape index (κ3) is 2.58. The number of carbonyl (C=O) groups excluding carboxylic acids is 1. The number of amides is 2. The van der Waals surface area contributed by atoms with Crippen molar-refractivity contribution in [3.63, 3.8) is 0 Å². The Kier molecular flexibility index (Phi) is 3.02. The van der Waals surface area contributed by atoms with Gasteiger partial charge in [0, 0.05) is 18.1 Å². The molecule has 4 aliphatic rings. The van der Waals surface area contributed by atoms with Crippen LogP contribution in [0.3, 0.4) is 0 Å². The first-order chi connectivity index (χ1) is 8.88. The van der Waals surface area contributed by atoms with Crippen LogP contribution in [0.2, 0.25) is 0 Å². The Morgan fingerprint density at radius 3 is 2.53 bits per heavy atom. The van der Waals surface area contributed by atoms with E-state index in [4.69, 9.17) is 5.73 Å². The lowest BCUT2D eigenvalue weighted by atomic mass is 9.51. The van der Waals surface area contributed by atoms with Gasteiger partial charge in [0.25, 0.3) is 0 Å². The molecule has 0 aromatic carbocycles. The van der Waals surface area contributed by atoms with Gasteiger partial charge in [-0.3, -0.25) is 0 Å². The average molecular weight is 267 g/mol. The second kappa shape index (κ2) is 4.35. The fourth-order valence-electron chi connectivity index (χ4n) is 4.90. The van der Waals surface area contributed by atoms with E-state index in [-0.39, 0.29) is 17.6 Å². The van der Waals surface area contributed by atoms with Gasteiger partial charge in [-0.2, -0.15) is 0 Å². The van der Waals surface area contributed by atoms with E-state index >= 15 is 0 Å². The van der Waals surface area contributed by atoms with E-state index in [0.717, 1.165) is 32.1 Å². The van der Waals surface area contributed by atoms with Gasteiger partial charge >= 0.3 is 6.03 Å². The molecule has 0 aromatic rings. The predicted octanol–water partition coefficient (Wildman–Crippen LogP) is 0.716. The average Bonchev–Trinajstić information content (AvgIpc) is 2.21. The van der Waals surface area contributed by atoms with Crippen LogP contribution in [0.4, 0.5) is 4.79 Å². The summed E-state index contributed by atoms with van der Waals surface area (Å²) in [6, 6.07) is -0.172. The van der Waals surface area contributed by atoms with Crippen molar-refractivity contribution >= 4 is 6.03 Å². The molecule has 5 nitrogen and oxygen atoms in total. The Labute approximate surface area is 114 Å². The maximum atomic E-state index is 12.0. The van der Waals surface area contributed by atoms with E-state index in [1.807, 2.05) is 6.92 Å². The van der Waals surface area contributed by atoms with E-state index in [0.29, 0.717) is 18.4 Å². The number of hydrogen-bond donors (Lipinski definition) is 4. The minimum atomic E-state index is -0.529. The molecule has 2 amide bonds. The number of hydrogen-bond acceptors (Lipinski definition) is 3. The molecule has 4 saturated carbocycles. The highest BCUT2D eigenvalue weighted by Crippen LogP contribution is 2.57. The van der Waals surface area contributed by atoms with Crippen LogP contribution in [0.15, 0.2) is 0 Å². The second-order valence-corrected chi connectivity index (χ2v) is 7.28. The Balaban J connectivity index is 1.65. The highest BCUT2D eigenvalue weighted by molar-refractivity contribution is 5.75. The highest BCUT2D eigenvalue weighted by Gasteiger charge is 2.57. The maximum Gasteiger partial charge on any atom is 0.315 e. The topological polar surface area (TPSA) is 87.4 Å². The summed E-state index contributed by atoms with van der Waals surface area (Å²) in [4.78, 5) is 12.0. The molecule has 3 atom stereocenters. The predicted molar refractivity (Wildman–Crippen MR) is 72.5 cm³/mol. The van der Waals surface area contributed by atoms with Crippen molar-refractivity contribution in [3.05, 3.63) is 0 Å². The Bertz CT molecular complexity index is 369. The van der Waals surface area contributed by atoms with Crippen LogP contribution in [0.1, 0.15) is 45.4 Å². The van der Waals surface area contributed by atoms with Gasteiger partial charge in [0.05, 0.1) is 5.60 Å². The molecule has 3 unspecified atom stereocenters. The van der Waals surface area contributed by atoms with E-state index in [1.165, 1.54) is 6.42 Å². The smallest absolute Gasteiger partial charge is 0.315 e. The van der Waals surface area contributed by atoms with Gasteiger partial charge in [-0.25, -0.2) is 4.79 Å². The van der Waals surface area contributed by atoms with Crippen molar-refractivity contribution < 1.29 is 9.90 Å². The molecule has 5 heteroatoms. The van der Waals surface area contributed by atoms with Crippen molar-refractivity contribution in [1.82, 2.24) is 10.6 Å². The summed E-state index contributed by atoms with van der Waals surface area (Å²) in [5.74, 6) is 1.17. The zero-order valence-electron chi connectivity index (χ0n) is 11.6. The van der Waals surface area contributed by atoms with E-state index in [2.05, 4.69) is 10.6 Å². The fourth-order valence-corrected chi connectivity index (χ4v) is 4.90. The van der Waals surface area contributed by atoms with E-state index < -0.39 is 5.60 Å². The summed E-state index contributed by atoms with van der Waals surface area (Å²) in [6.45, 7) is 2.35. The first-order valence-corrected chi connectivity index (χ1v) is 7.42. The molecule has 0 aliphatic heterocycles. The number of nitrogens with two attached hydrogens (primary N) is 1. The number of urea groups is 1. The molecule has 4 rings (SSSR count). The van der Waals surface area contributed by atoms with Gasteiger partial charge in [0.1, 0.15) is 0 Å². The summed E-state index contributed by atoms with van der Waals surface area (Å²) < 4.78 is 0. The molecule has 0 saturated heterocycles. The van der Waals surface area contributed by atoms with Crippen LogP contribution in [-0.2, 0) is 0 Å². The van der Waals surface area contributed by atoms with E-state index in [9.17, 15) is 9.90 Å². The quantitative estimate of drug-likeness (QED) is 0.607.